The number of guanidine groups is 1. The number of benzene rings is 1. The smallest absolute Gasteiger partial charge is 0.331 e. The number of amides is 2. The SMILES string of the molecule is Cc1cccc(C)c1N(C)C(=O)N(CC1CC1)C(=N)N. The first-order valence-corrected chi connectivity index (χ1v) is 6.87. The van der Waals surface area contributed by atoms with Crippen molar-refractivity contribution < 1.29 is 4.79 Å². The number of urea groups is 1. The molecule has 1 fully saturated rings. The van der Waals surface area contributed by atoms with Gasteiger partial charge in [0.15, 0.2) is 5.96 Å². The largest absolute Gasteiger partial charge is 0.370 e. The summed E-state index contributed by atoms with van der Waals surface area (Å²) >= 11 is 0. The molecule has 2 amide bonds. The zero-order valence-corrected chi connectivity index (χ0v) is 12.3. The monoisotopic (exact) mass is 274 g/mol. The van der Waals surface area contributed by atoms with Crippen LogP contribution in [0.2, 0.25) is 0 Å². The molecule has 0 heterocycles. The van der Waals surface area contributed by atoms with Gasteiger partial charge in [-0.1, -0.05) is 18.2 Å². The summed E-state index contributed by atoms with van der Waals surface area (Å²) in [7, 11) is 1.74. The summed E-state index contributed by atoms with van der Waals surface area (Å²) in [5.74, 6) is 0.314. The molecule has 2 rings (SSSR count). The Bertz CT molecular complexity index is 516. The van der Waals surface area contributed by atoms with Gasteiger partial charge in [0.1, 0.15) is 0 Å². The van der Waals surface area contributed by atoms with Gasteiger partial charge < -0.3 is 5.73 Å². The molecule has 1 aromatic carbocycles. The summed E-state index contributed by atoms with van der Waals surface area (Å²) < 4.78 is 0. The van der Waals surface area contributed by atoms with E-state index in [4.69, 9.17) is 11.1 Å². The van der Waals surface area contributed by atoms with Gasteiger partial charge in [0.25, 0.3) is 0 Å². The Balaban J connectivity index is 2.23. The Morgan fingerprint density at radius 1 is 1.35 bits per heavy atom. The lowest BCUT2D eigenvalue weighted by molar-refractivity contribution is 0.226. The van der Waals surface area contributed by atoms with E-state index in [2.05, 4.69) is 0 Å². The molecule has 3 N–H and O–H groups in total. The minimum absolute atomic E-state index is 0.181. The Hall–Kier alpha value is -2.04. The highest BCUT2D eigenvalue weighted by atomic mass is 16.2. The number of rotatable bonds is 3. The maximum Gasteiger partial charge on any atom is 0.331 e. The zero-order chi connectivity index (χ0) is 14.9. The molecule has 0 aromatic heterocycles. The highest BCUT2D eigenvalue weighted by Gasteiger charge is 2.30. The molecular weight excluding hydrogens is 252 g/mol. The highest BCUT2D eigenvalue weighted by molar-refractivity contribution is 6.02. The predicted octanol–water partition coefficient (Wildman–Crippen LogP) is 2.47. The van der Waals surface area contributed by atoms with Crippen LogP contribution >= 0.6 is 0 Å². The van der Waals surface area contributed by atoms with Crippen LogP contribution in [0.15, 0.2) is 18.2 Å². The molecule has 0 spiro atoms. The summed E-state index contributed by atoms with van der Waals surface area (Å²) in [6, 6.07) is 5.69. The van der Waals surface area contributed by atoms with E-state index in [0.717, 1.165) is 29.7 Å². The third-order valence-electron chi connectivity index (χ3n) is 3.72. The topological polar surface area (TPSA) is 73.4 Å². The zero-order valence-electron chi connectivity index (χ0n) is 12.3. The molecule has 1 aromatic rings. The summed E-state index contributed by atoms with van der Waals surface area (Å²) in [5, 5.41) is 7.62. The normalized spacial score (nSPS) is 13.9. The van der Waals surface area contributed by atoms with Gasteiger partial charge >= 0.3 is 6.03 Å². The van der Waals surface area contributed by atoms with Gasteiger partial charge in [-0.25, -0.2) is 4.79 Å². The average Bonchev–Trinajstić information content (AvgIpc) is 3.18. The van der Waals surface area contributed by atoms with E-state index in [9.17, 15) is 4.79 Å². The van der Waals surface area contributed by atoms with Gasteiger partial charge in [-0.15, -0.1) is 0 Å². The molecule has 0 radical (unpaired) electrons. The van der Waals surface area contributed by atoms with Crippen LogP contribution in [0, 0.1) is 25.2 Å². The van der Waals surface area contributed by atoms with E-state index in [1.807, 2.05) is 32.0 Å². The fraction of sp³-hybridized carbons (Fsp3) is 0.467. The van der Waals surface area contributed by atoms with Crippen LogP contribution in [-0.4, -0.2) is 30.5 Å². The van der Waals surface area contributed by atoms with Gasteiger partial charge in [-0.05, 0) is 43.7 Å². The van der Waals surface area contributed by atoms with Crippen molar-refractivity contribution >= 4 is 17.7 Å². The van der Waals surface area contributed by atoms with Crippen molar-refractivity contribution in [3.63, 3.8) is 0 Å². The second kappa shape index (κ2) is 5.53. The number of hydrogen-bond acceptors (Lipinski definition) is 2. The van der Waals surface area contributed by atoms with Crippen LogP contribution in [0.1, 0.15) is 24.0 Å². The van der Waals surface area contributed by atoms with Gasteiger partial charge in [0, 0.05) is 13.6 Å². The first-order valence-electron chi connectivity index (χ1n) is 6.87. The maximum absolute atomic E-state index is 12.6. The number of para-hydroxylation sites is 1. The van der Waals surface area contributed by atoms with Crippen LogP contribution in [-0.2, 0) is 0 Å². The minimum atomic E-state index is -0.234. The van der Waals surface area contributed by atoms with E-state index in [1.54, 1.807) is 11.9 Å². The van der Waals surface area contributed by atoms with Crippen molar-refractivity contribution in [2.75, 3.05) is 18.5 Å². The molecule has 108 valence electrons. The second-order valence-corrected chi connectivity index (χ2v) is 5.52. The van der Waals surface area contributed by atoms with Gasteiger partial charge in [-0.2, -0.15) is 0 Å². The predicted molar refractivity (Wildman–Crippen MR) is 81.1 cm³/mol. The molecule has 0 bridgehead atoms. The fourth-order valence-corrected chi connectivity index (χ4v) is 2.45. The lowest BCUT2D eigenvalue weighted by Gasteiger charge is -2.28. The molecule has 0 saturated heterocycles. The average molecular weight is 274 g/mol. The van der Waals surface area contributed by atoms with E-state index >= 15 is 0 Å². The van der Waals surface area contributed by atoms with Gasteiger partial charge in [-0.3, -0.25) is 15.2 Å². The van der Waals surface area contributed by atoms with Crippen LogP contribution in [0.4, 0.5) is 10.5 Å². The second-order valence-electron chi connectivity index (χ2n) is 5.52. The summed E-state index contributed by atoms with van der Waals surface area (Å²) in [5.41, 5.74) is 8.53. The lowest BCUT2D eigenvalue weighted by atomic mass is 10.1. The van der Waals surface area contributed by atoms with Crippen molar-refractivity contribution in [1.82, 2.24) is 4.90 Å². The molecule has 20 heavy (non-hydrogen) atoms. The summed E-state index contributed by atoms with van der Waals surface area (Å²) in [6.45, 7) is 4.50. The Morgan fingerprint density at radius 3 is 2.35 bits per heavy atom. The summed E-state index contributed by atoms with van der Waals surface area (Å²) in [4.78, 5) is 15.5. The molecular formula is C15H22N4O. The Kier molecular flexibility index (Phi) is 3.97. The van der Waals surface area contributed by atoms with Crippen LogP contribution in [0.25, 0.3) is 0 Å². The number of carbonyl (C=O) groups excluding carboxylic acids is 1. The van der Waals surface area contributed by atoms with Crippen molar-refractivity contribution in [2.24, 2.45) is 11.7 Å². The molecule has 0 aliphatic heterocycles. The highest BCUT2D eigenvalue weighted by Crippen LogP contribution is 2.30. The third-order valence-corrected chi connectivity index (χ3v) is 3.72. The third kappa shape index (κ3) is 2.92. The van der Waals surface area contributed by atoms with E-state index in [1.165, 1.54) is 4.90 Å². The first kappa shape index (κ1) is 14.4. The van der Waals surface area contributed by atoms with Crippen LogP contribution < -0.4 is 10.6 Å². The van der Waals surface area contributed by atoms with Gasteiger partial charge in [0.2, 0.25) is 0 Å². The first-order chi connectivity index (χ1) is 9.41. The van der Waals surface area contributed by atoms with E-state index < -0.39 is 0 Å². The van der Waals surface area contributed by atoms with E-state index in [0.29, 0.717) is 12.5 Å². The molecule has 1 aliphatic rings. The van der Waals surface area contributed by atoms with Crippen molar-refractivity contribution in [3.8, 4) is 0 Å². The van der Waals surface area contributed by atoms with Crippen molar-refractivity contribution in [3.05, 3.63) is 29.3 Å². The number of nitrogens with one attached hydrogen (secondary N) is 1. The fourth-order valence-electron chi connectivity index (χ4n) is 2.45. The number of aryl methyl sites for hydroxylation is 2. The molecule has 1 aliphatic carbocycles. The van der Waals surface area contributed by atoms with Crippen LogP contribution in [0.5, 0.6) is 0 Å². The number of hydrogen-bond donors (Lipinski definition) is 2. The number of anilines is 1. The van der Waals surface area contributed by atoms with Crippen LogP contribution in [0.3, 0.4) is 0 Å². The lowest BCUT2D eigenvalue weighted by Crippen LogP contribution is -2.48. The summed E-state index contributed by atoms with van der Waals surface area (Å²) in [6.07, 6.45) is 2.23. The molecule has 1 saturated carbocycles. The molecule has 0 unspecified atom stereocenters. The minimum Gasteiger partial charge on any atom is -0.370 e. The Labute approximate surface area is 119 Å². The van der Waals surface area contributed by atoms with Gasteiger partial charge in [0.05, 0.1) is 5.69 Å². The molecule has 5 nitrogen and oxygen atoms in total. The molecule has 5 heteroatoms. The number of nitrogens with two attached hydrogens (primary N) is 1. The molecule has 0 atom stereocenters. The number of carbonyl (C=O) groups is 1. The Morgan fingerprint density at radius 2 is 1.90 bits per heavy atom. The number of nitrogens with zero attached hydrogens (tertiary/aromatic N) is 2. The van der Waals surface area contributed by atoms with Crippen molar-refractivity contribution in [2.45, 2.75) is 26.7 Å². The standard InChI is InChI=1S/C15H22N4O/c1-10-5-4-6-11(2)13(10)18(3)15(20)19(14(16)17)9-12-7-8-12/h4-6,12H,7-9H2,1-3H3,(H3,16,17). The van der Waals surface area contributed by atoms with Crippen molar-refractivity contribution in [1.29, 1.82) is 5.41 Å². The maximum atomic E-state index is 12.6. The quantitative estimate of drug-likeness (QED) is 0.656. The van der Waals surface area contributed by atoms with E-state index in [-0.39, 0.29) is 12.0 Å².